The van der Waals surface area contributed by atoms with Crippen molar-refractivity contribution in [3.05, 3.63) is 29.8 Å². The second-order valence-corrected chi connectivity index (χ2v) is 4.33. The molecule has 5 heteroatoms. The number of carbonyl (C=O) groups excluding carboxylic acids is 1. The average molecular weight is 232 g/mol. The third-order valence-electron chi connectivity index (χ3n) is 2.28. The van der Waals surface area contributed by atoms with E-state index < -0.39 is 0 Å². The van der Waals surface area contributed by atoms with Crippen molar-refractivity contribution in [2.24, 2.45) is 0 Å². The van der Waals surface area contributed by atoms with Gasteiger partial charge in [-0.3, -0.25) is 4.79 Å². The fourth-order valence-electron chi connectivity index (χ4n) is 1.54. The smallest absolute Gasteiger partial charge is 0.263 e. The third kappa shape index (κ3) is 1.55. The largest absolute Gasteiger partial charge is 0.480 e. The van der Waals surface area contributed by atoms with E-state index in [-0.39, 0.29) is 12.5 Å². The van der Waals surface area contributed by atoms with Gasteiger partial charge in [0.05, 0.1) is 0 Å². The Bertz CT molecular complexity index is 537. The zero-order valence-electron chi connectivity index (χ0n) is 8.27. The van der Waals surface area contributed by atoms with Gasteiger partial charge in [-0.1, -0.05) is 6.07 Å². The first-order valence-electron chi connectivity index (χ1n) is 4.79. The average Bonchev–Trinajstić information content (AvgIpc) is 2.82. The molecule has 0 spiro atoms. The maximum absolute atomic E-state index is 11.1. The SMILES string of the molecule is O=C1COc2cc(-c3cccs3)cnc2N1. The highest BCUT2D eigenvalue weighted by molar-refractivity contribution is 7.13. The summed E-state index contributed by atoms with van der Waals surface area (Å²) in [5.74, 6) is 0.964. The third-order valence-corrected chi connectivity index (χ3v) is 3.19. The van der Waals surface area contributed by atoms with E-state index in [1.54, 1.807) is 17.5 Å². The van der Waals surface area contributed by atoms with Gasteiger partial charge in [-0.05, 0) is 17.5 Å². The normalized spacial score (nSPS) is 13.9. The van der Waals surface area contributed by atoms with Crippen molar-refractivity contribution in [1.29, 1.82) is 0 Å². The van der Waals surface area contributed by atoms with Crippen LogP contribution in [0.4, 0.5) is 5.82 Å². The molecule has 16 heavy (non-hydrogen) atoms. The number of hydrogen-bond donors (Lipinski definition) is 1. The van der Waals surface area contributed by atoms with Gasteiger partial charge >= 0.3 is 0 Å². The molecule has 0 atom stereocenters. The summed E-state index contributed by atoms with van der Waals surface area (Å²) < 4.78 is 5.30. The van der Waals surface area contributed by atoms with Crippen LogP contribution in [0.3, 0.4) is 0 Å². The predicted octanol–water partition coefficient (Wildman–Crippen LogP) is 2.14. The number of thiophene rings is 1. The molecule has 0 saturated heterocycles. The van der Waals surface area contributed by atoms with Crippen LogP contribution in [-0.2, 0) is 4.79 Å². The Hall–Kier alpha value is -1.88. The van der Waals surface area contributed by atoms with Gasteiger partial charge < -0.3 is 10.1 Å². The lowest BCUT2D eigenvalue weighted by atomic mass is 10.2. The Morgan fingerprint density at radius 2 is 2.44 bits per heavy atom. The fraction of sp³-hybridized carbons (Fsp3) is 0.0909. The van der Waals surface area contributed by atoms with E-state index in [1.165, 1.54) is 0 Å². The molecule has 4 nitrogen and oxygen atoms in total. The molecule has 0 radical (unpaired) electrons. The summed E-state index contributed by atoms with van der Waals surface area (Å²) in [6, 6.07) is 5.91. The maximum atomic E-state index is 11.1. The van der Waals surface area contributed by atoms with Gasteiger partial charge in [0.25, 0.3) is 5.91 Å². The lowest BCUT2D eigenvalue weighted by Crippen LogP contribution is -2.26. The maximum Gasteiger partial charge on any atom is 0.263 e. The van der Waals surface area contributed by atoms with Crippen LogP contribution in [0.1, 0.15) is 0 Å². The molecule has 1 N–H and O–H groups in total. The number of ether oxygens (including phenoxy) is 1. The van der Waals surface area contributed by atoms with Crippen LogP contribution in [0.25, 0.3) is 10.4 Å². The van der Waals surface area contributed by atoms with E-state index >= 15 is 0 Å². The Kier molecular flexibility index (Phi) is 2.11. The van der Waals surface area contributed by atoms with Crippen molar-refractivity contribution in [2.45, 2.75) is 0 Å². The van der Waals surface area contributed by atoms with Gasteiger partial charge in [0.15, 0.2) is 18.2 Å². The topological polar surface area (TPSA) is 51.2 Å². The fourth-order valence-corrected chi connectivity index (χ4v) is 2.25. The zero-order chi connectivity index (χ0) is 11.0. The monoisotopic (exact) mass is 232 g/mol. The molecule has 80 valence electrons. The molecule has 1 amide bonds. The Labute approximate surface area is 95.9 Å². The van der Waals surface area contributed by atoms with Crippen LogP contribution >= 0.6 is 11.3 Å². The van der Waals surface area contributed by atoms with Crippen LogP contribution in [0.15, 0.2) is 29.8 Å². The van der Waals surface area contributed by atoms with E-state index in [1.807, 2.05) is 23.6 Å². The van der Waals surface area contributed by atoms with Gasteiger partial charge in [0, 0.05) is 16.6 Å². The molecule has 0 bridgehead atoms. The van der Waals surface area contributed by atoms with Crippen LogP contribution < -0.4 is 10.1 Å². The Morgan fingerprint density at radius 1 is 1.50 bits per heavy atom. The molecule has 0 aliphatic carbocycles. The highest BCUT2D eigenvalue weighted by Gasteiger charge is 2.17. The summed E-state index contributed by atoms with van der Waals surface area (Å²) in [6.45, 7) is 0.0581. The summed E-state index contributed by atoms with van der Waals surface area (Å²) >= 11 is 1.64. The first-order chi connectivity index (χ1) is 7.83. The summed E-state index contributed by atoms with van der Waals surface area (Å²) in [7, 11) is 0. The van der Waals surface area contributed by atoms with Crippen molar-refractivity contribution < 1.29 is 9.53 Å². The van der Waals surface area contributed by atoms with Gasteiger partial charge in [0.1, 0.15) is 0 Å². The Balaban J connectivity index is 2.03. The number of carbonyl (C=O) groups is 1. The minimum absolute atomic E-state index is 0.0581. The first kappa shape index (κ1) is 9.35. The second-order valence-electron chi connectivity index (χ2n) is 3.38. The minimum atomic E-state index is -0.163. The lowest BCUT2D eigenvalue weighted by Gasteiger charge is -2.16. The predicted molar refractivity (Wildman–Crippen MR) is 61.7 cm³/mol. The van der Waals surface area contributed by atoms with E-state index in [9.17, 15) is 4.79 Å². The molecule has 2 aromatic heterocycles. The quantitative estimate of drug-likeness (QED) is 0.819. The molecular formula is C11H8N2O2S. The Morgan fingerprint density at radius 3 is 3.25 bits per heavy atom. The summed E-state index contributed by atoms with van der Waals surface area (Å²) in [6.07, 6.45) is 1.74. The van der Waals surface area contributed by atoms with Crippen LogP contribution in [0.2, 0.25) is 0 Å². The van der Waals surface area contributed by atoms with Crippen molar-refractivity contribution in [1.82, 2.24) is 4.98 Å². The number of fused-ring (bicyclic) bond motifs is 1. The lowest BCUT2D eigenvalue weighted by molar-refractivity contribution is -0.118. The second kappa shape index (κ2) is 3.61. The molecular weight excluding hydrogens is 224 g/mol. The minimum Gasteiger partial charge on any atom is -0.480 e. The number of hydrogen-bond acceptors (Lipinski definition) is 4. The van der Waals surface area contributed by atoms with E-state index in [4.69, 9.17) is 4.74 Å². The molecule has 0 unspecified atom stereocenters. The van der Waals surface area contributed by atoms with Crippen LogP contribution in [0.5, 0.6) is 5.75 Å². The zero-order valence-corrected chi connectivity index (χ0v) is 9.08. The molecule has 3 heterocycles. The molecule has 0 fully saturated rings. The summed E-state index contributed by atoms with van der Waals surface area (Å²) in [5, 5.41) is 4.67. The highest BCUT2D eigenvalue weighted by atomic mass is 32.1. The van der Waals surface area contributed by atoms with E-state index in [0.717, 1.165) is 10.4 Å². The summed E-state index contributed by atoms with van der Waals surface area (Å²) in [5.41, 5.74) is 1.00. The first-order valence-corrected chi connectivity index (χ1v) is 5.67. The van der Waals surface area contributed by atoms with Gasteiger partial charge in [-0.15, -0.1) is 11.3 Å². The number of nitrogens with zero attached hydrogens (tertiary/aromatic N) is 1. The van der Waals surface area contributed by atoms with Crippen LogP contribution in [-0.4, -0.2) is 17.5 Å². The van der Waals surface area contributed by atoms with E-state index in [2.05, 4.69) is 10.3 Å². The number of nitrogens with one attached hydrogen (secondary N) is 1. The van der Waals surface area contributed by atoms with Crippen molar-refractivity contribution in [3.8, 4) is 16.2 Å². The van der Waals surface area contributed by atoms with Crippen LogP contribution in [0, 0.1) is 0 Å². The molecule has 0 aromatic carbocycles. The number of aromatic nitrogens is 1. The van der Waals surface area contributed by atoms with Crippen molar-refractivity contribution in [2.75, 3.05) is 11.9 Å². The van der Waals surface area contributed by atoms with E-state index in [0.29, 0.717) is 11.6 Å². The molecule has 1 aliphatic rings. The highest BCUT2D eigenvalue weighted by Crippen LogP contribution is 2.32. The van der Waals surface area contributed by atoms with Crippen molar-refractivity contribution >= 4 is 23.1 Å². The number of anilines is 1. The van der Waals surface area contributed by atoms with Gasteiger partial charge in [0.2, 0.25) is 0 Å². The summed E-state index contributed by atoms with van der Waals surface area (Å²) in [4.78, 5) is 16.4. The standard InChI is InChI=1S/C11H8N2O2S/c14-10-6-15-8-4-7(5-12-11(8)13-10)9-2-1-3-16-9/h1-5H,6H2,(H,12,13,14). The number of pyridine rings is 1. The number of amides is 1. The molecule has 0 saturated carbocycles. The van der Waals surface area contributed by atoms with Gasteiger partial charge in [-0.25, -0.2) is 4.98 Å². The van der Waals surface area contributed by atoms with Crippen molar-refractivity contribution in [3.63, 3.8) is 0 Å². The molecule has 3 rings (SSSR count). The molecule has 1 aliphatic heterocycles. The molecule has 2 aromatic rings. The number of rotatable bonds is 1. The van der Waals surface area contributed by atoms with Gasteiger partial charge in [-0.2, -0.15) is 0 Å².